The van der Waals surface area contributed by atoms with Crippen LogP contribution in [0.5, 0.6) is 0 Å². The van der Waals surface area contributed by atoms with Crippen LogP contribution in [0.25, 0.3) is 0 Å². The predicted octanol–water partition coefficient (Wildman–Crippen LogP) is 2.31. The van der Waals surface area contributed by atoms with Crippen LogP contribution in [0.1, 0.15) is 11.1 Å². The molecule has 1 rings (SSSR count). The predicted molar refractivity (Wildman–Crippen MR) is 38.5 cm³/mol. The van der Waals surface area contributed by atoms with Gasteiger partial charge in [-0.05, 0) is 11.6 Å². The lowest BCUT2D eigenvalue weighted by atomic mass is 10.1. The fourth-order valence-corrected chi connectivity index (χ4v) is 0.955. The Hall–Kier alpha value is -1.64. The van der Waals surface area contributed by atoms with E-state index in [-0.39, 0.29) is 0 Å². The second kappa shape index (κ2) is 3.62. The Labute approximate surface area is 76.8 Å². The molecule has 1 aromatic rings. The maximum atomic E-state index is 12.5. The van der Waals surface area contributed by atoms with Crippen molar-refractivity contribution in [2.45, 2.75) is 12.6 Å². The summed E-state index contributed by atoms with van der Waals surface area (Å²) < 4.78 is 49.2. The summed E-state index contributed by atoms with van der Waals surface area (Å²) >= 11 is 0. The molecule has 0 aliphatic heterocycles. The Morgan fingerprint density at radius 2 is 2.07 bits per heavy atom. The molecule has 1 aromatic heterocycles. The molecule has 0 unspecified atom stereocenters. The maximum absolute atomic E-state index is 12.5. The van der Waals surface area contributed by atoms with Gasteiger partial charge in [-0.2, -0.15) is 22.8 Å². The number of hydrogen-bond acceptors (Lipinski definition) is 2. The zero-order valence-electron chi connectivity index (χ0n) is 6.77. The maximum Gasteiger partial charge on any atom is 0.418 e. The number of aromatic nitrogens is 1. The van der Waals surface area contributed by atoms with E-state index in [1.165, 1.54) is 6.07 Å². The van der Waals surface area contributed by atoms with Crippen LogP contribution in [0.4, 0.5) is 17.6 Å². The molecular weight excluding hydrogens is 200 g/mol. The first-order valence-electron chi connectivity index (χ1n) is 3.53. The van der Waals surface area contributed by atoms with Crippen molar-refractivity contribution in [3.8, 4) is 6.07 Å². The highest BCUT2D eigenvalue weighted by atomic mass is 19.4. The van der Waals surface area contributed by atoms with Gasteiger partial charge in [0.2, 0.25) is 5.95 Å². The van der Waals surface area contributed by atoms with Crippen molar-refractivity contribution in [1.29, 1.82) is 5.26 Å². The largest absolute Gasteiger partial charge is 0.418 e. The Morgan fingerprint density at radius 3 is 2.57 bits per heavy atom. The van der Waals surface area contributed by atoms with Crippen LogP contribution in [0.15, 0.2) is 12.3 Å². The summed E-state index contributed by atoms with van der Waals surface area (Å²) in [6.45, 7) is 0. The van der Waals surface area contributed by atoms with Gasteiger partial charge in [-0.3, -0.25) is 0 Å². The summed E-state index contributed by atoms with van der Waals surface area (Å²) in [5, 5.41) is 8.24. The van der Waals surface area contributed by atoms with Crippen LogP contribution in [-0.2, 0) is 12.6 Å². The number of hydrogen-bond donors (Lipinski definition) is 0. The smallest absolute Gasteiger partial charge is 0.228 e. The lowest BCUT2D eigenvalue weighted by Gasteiger charge is -2.09. The van der Waals surface area contributed by atoms with Gasteiger partial charge in [0.15, 0.2) is 0 Å². The normalized spacial score (nSPS) is 11.1. The molecule has 1 heterocycles. The van der Waals surface area contributed by atoms with Crippen molar-refractivity contribution in [1.82, 2.24) is 4.98 Å². The molecule has 6 heteroatoms. The van der Waals surface area contributed by atoms with E-state index in [9.17, 15) is 17.6 Å². The highest BCUT2D eigenvalue weighted by molar-refractivity contribution is 5.28. The molecule has 0 radical (unpaired) electrons. The molecule has 2 nitrogen and oxygen atoms in total. The summed E-state index contributed by atoms with van der Waals surface area (Å²) in [5.74, 6) is -1.02. The van der Waals surface area contributed by atoms with Crippen molar-refractivity contribution in [2.75, 3.05) is 0 Å². The number of pyridine rings is 1. The van der Waals surface area contributed by atoms with Gasteiger partial charge in [-0.1, -0.05) is 0 Å². The Bertz CT molecular complexity index is 378. The van der Waals surface area contributed by atoms with Crippen molar-refractivity contribution >= 4 is 0 Å². The quantitative estimate of drug-likeness (QED) is 0.519. The van der Waals surface area contributed by atoms with Crippen molar-refractivity contribution < 1.29 is 17.6 Å². The summed E-state index contributed by atoms with van der Waals surface area (Å²) in [7, 11) is 0. The minimum atomic E-state index is -4.60. The highest BCUT2D eigenvalue weighted by Crippen LogP contribution is 2.31. The molecule has 0 atom stereocenters. The van der Waals surface area contributed by atoms with Crippen molar-refractivity contribution in [3.63, 3.8) is 0 Å². The van der Waals surface area contributed by atoms with E-state index in [1.807, 2.05) is 0 Å². The van der Waals surface area contributed by atoms with Crippen LogP contribution in [0.2, 0.25) is 0 Å². The van der Waals surface area contributed by atoms with Crippen molar-refractivity contribution in [2.24, 2.45) is 0 Å². The molecule has 74 valence electrons. The number of alkyl halides is 3. The molecule has 0 fully saturated rings. The zero-order valence-corrected chi connectivity index (χ0v) is 6.77. The average Bonchev–Trinajstić information content (AvgIpc) is 2.02. The third kappa shape index (κ3) is 2.19. The fraction of sp³-hybridized carbons (Fsp3) is 0.250. The average molecular weight is 204 g/mol. The summed E-state index contributed by atoms with van der Waals surface area (Å²) in [5.41, 5.74) is -1.46. The lowest BCUT2D eigenvalue weighted by Crippen LogP contribution is -2.10. The van der Waals surface area contributed by atoms with Crippen LogP contribution in [0, 0.1) is 17.3 Å². The second-order valence-electron chi connectivity index (χ2n) is 2.50. The van der Waals surface area contributed by atoms with Crippen molar-refractivity contribution in [3.05, 3.63) is 29.3 Å². The molecule has 0 aliphatic rings. The number of halogens is 4. The Morgan fingerprint density at radius 1 is 1.43 bits per heavy atom. The van der Waals surface area contributed by atoms with Gasteiger partial charge in [0.25, 0.3) is 0 Å². The molecular formula is C8H4F4N2. The molecule has 0 saturated carbocycles. The van der Waals surface area contributed by atoms with Crippen LogP contribution in [-0.4, -0.2) is 4.98 Å². The number of nitriles is 1. The van der Waals surface area contributed by atoms with Gasteiger partial charge in [0, 0.05) is 6.20 Å². The van der Waals surface area contributed by atoms with Gasteiger partial charge in [-0.25, -0.2) is 4.98 Å². The van der Waals surface area contributed by atoms with Gasteiger partial charge in [0.1, 0.15) is 0 Å². The van der Waals surface area contributed by atoms with Crippen LogP contribution >= 0.6 is 0 Å². The molecule has 14 heavy (non-hydrogen) atoms. The van der Waals surface area contributed by atoms with Gasteiger partial charge >= 0.3 is 6.18 Å². The fourth-order valence-electron chi connectivity index (χ4n) is 0.955. The minimum Gasteiger partial charge on any atom is -0.228 e. The van der Waals surface area contributed by atoms with Gasteiger partial charge in [-0.15, -0.1) is 0 Å². The standard InChI is InChI=1S/C8H4F4N2/c9-7-3-5(1-2-13)6(4-14-7)8(10,11)12/h3-4H,1H2. The van der Waals surface area contributed by atoms with E-state index in [4.69, 9.17) is 5.26 Å². The third-order valence-corrected chi connectivity index (χ3v) is 1.53. The Kier molecular flexibility index (Phi) is 2.70. The monoisotopic (exact) mass is 204 g/mol. The first-order chi connectivity index (χ1) is 6.45. The van der Waals surface area contributed by atoms with Gasteiger partial charge < -0.3 is 0 Å². The third-order valence-electron chi connectivity index (χ3n) is 1.53. The summed E-state index contributed by atoms with van der Waals surface area (Å²) in [6, 6.07) is 2.15. The lowest BCUT2D eigenvalue weighted by molar-refractivity contribution is -0.138. The van der Waals surface area contributed by atoms with E-state index in [1.54, 1.807) is 0 Å². The molecule has 0 aromatic carbocycles. The summed E-state index contributed by atoms with van der Waals surface area (Å²) in [4.78, 5) is 2.89. The minimum absolute atomic E-state index is 0.391. The van der Waals surface area contributed by atoms with Crippen LogP contribution in [0.3, 0.4) is 0 Å². The highest BCUT2D eigenvalue weighted by Gasteiger charge is 2.33. The van der Waals surface area contributed by atoms with E-state index in [2.05, 4.69) is 4.98 Å². The number of nitrogens with zero attached hydrogens (tertiary/aromatic N) is 2. The van der Waals surface area contributed by atoms with Crippen LogP contribution < -0.4 is 0 Å². The van der Waals surface area contributed by atoms with E-state index in [0.29, 0.717) is 12.3 Å². The van der Waals surface area contributed by atoms with E-state index < -0.39 is 29.7 Å². The summed E-state index contributed by atoms with van der Waals surface area (Å²) in [6.07, 6.45) is -4.71. The first-order valence-corrected chi connectivity index (χ1v) is 3.53. The molecule has 0 saturated heterocycles. The molecule has 0 spiro atoms. The van der Waals surface area contributed by atoms with E-state index >= 15 is 0 Å². The van der Waals surface area contributed by atoms with E-state index in [0.717, 1.165) is 0 Å². The number of rotatable bonds is 1. The topological polar surface area (TPSA) is 36.7 Å². The molecule has 0 N–H and O–H groups in total. The molecule has 0 aliphatic carbocycles. The molecule has 0 bridgehead atoms. The second-order valence-corrected chi connectivity index (χ2v) is 2.50. The SMILES string of the molecule is N#CCc1cc(F)ncc1C(F)(F)F. The first kappa shape index (κ1) is 10.4. The Balaban J connectivity index is 3.23. The molecule has 0 amide bonds. The zero-order chi connectivity index (χ0) is 10.8. The van der Waals surface area contributed by atoms with Gasteiger partial charge in [0.05, 0.1) is 18.1 Å².